The van der Waals surface area contributed by atoms with Gasteiger partial charge in [-0.1, -0.05) is 12.8 Å². The molecule has 1 aliphatic carbocycles. The van der Waals surface area contributed by atoms with Crippen LogP contribution in [0.25, 0.3) is 22.2 Å². The van der Waals surface area contributed by atoms with Gasteiger partial charge in [0.15, 0.2) is 0 Å². The molecule has 1 aliphatic rings. The van der Waals surface area contributed by atoms with Crippen molar-refractivity contribution in [1.29, 1.82) is 0 Å². The van der Waals surface area contributed by atoms with E-state index in [9.17, 15) is 0 Å². The molecular formula is C21H29N5OS. The third-order valence-corrected chi connectivity index (χ3v) is 6.41. The van der Waals surface area contributed by atoms with Crippen LogP contribution in [0.5, 0.6) is 0 Å². The molecule has 3 aromatic heterocycles. The number of rotatable bonds is 6. The van der Waals surface area contributed by atoms with Gasteiger partial charge in [-0.2, -0.15) is 5.10 Å². The Balaban J connectivity index is 1.54. The number of nitrogens with zero attached hydrogens (tertiary/aromatic N) is 5. The van der Waals surface area contributed by atoms with Crippen molar-refractivity contribution >= 4 is 23.8 Å². The number of aromatic nitrogens is 4. The first kappa shape index (κ1) is 19.5. The van der Waals surface area contributed by atoms with E-state index in [0.717, 1.165) is 35.3 Å². The molecule has 150 valence electrons. The number of ether oxygens (including phenoxy) is 1. The van der Waals surface area contributed by atoms with E-state index in [4.69, 9.17) is 9.72 Å². The number of hydrogen-bond acceptors (Lipinski definition) is 5. The first-order valence-electron chi connectivity index (χ1n) is 9.95. The van der Waals surface area contributed by atoms with Gasteiger partial charge >= 0.3 is 0 Å². The van der Waals surface area contributed by atoms with Crippen LogP contribution in [-0.2, 0) is 11.8 Å². The van der Waals surface area contributed by atoms with E-state index >= 15 is 0 Å². The normalized spacial score (nSPS) is 20.3. The van der Waals surface area contributed by atoms with Crippen LogP contribution < -0.4 is 0 Å². The molecule has 6 nitrogen and oxygen atoms in total. The van der Waals surface area contributed by atoms with Crippen LogP contribution in [0.3, 0.4) is 0 Å². The van der Waals surface area contributed by atoms with E-state index < -0.39 is 0 Å². The molecule has 0 aliphatic heterocycles. The van der Waals surface area contributed by atoms with Crippen molar-refractivity contribution in [2.45, 2.75) is 37.6 Å². The van der Waals surface area contributed by atoms with Gasteiger partial charge in [0.1, 0.15) is 5.65 Å². The molecule has 1 fully saturated rings. The van der Waals surface area contributed by atoms with Gasteiger partial charge in [0.25, 0.3) is 0 Å². The fraction of sp³-hybridized carbons (Fsp3) is 0.524. The maximum Gasteiger partial charge on any atom is 0.150 e. The van der Waals surface area contributed by atoms with Crippen molar-refractivity contribution in [1.82, 2.24) is 23.6 Å². The Labute approximate surface area is 172 Å². The highest BCUT2D eigenvalue weighted by atomic mass is 32.1. The minimum absolute atomic E-state index is 0.578. The molecule has 1 saturated carbocycles. The minimum atomic E-state index is 0.578. The maximum absolute atomic E-state index is 5.22. The highest BCUT2D eigenvalue weighted by Crippen LogP contribution is 2.37. The molecule has 0 aromatic carbocycles. The number of pyridine rings is 1. The highest BCUT2D eigenvalue weighted by molar-refractivity contribution is 7.78. The summed E-state index contributed by atoms with van der Waals surface area (Å²) in [5.41, 5.74) is 4.48. The van der Waals surface area contributed by atoms with Crippen molar-refractivity contribution in [3.05, 3.63) is 36.4 Å². The Morgan fingerprint density at radius 3 is 2.68 bits per heavy atom. The van der Waals surface area contributed by atoms with Gasteiger partial charge in [-0.25, -0.2) is 4.98 Å². The maximum atomic E-state index is 5.22. The van der Waals surface area contributed by atoms with E-state index in [1.165, 1.54) is 31.2 Å². The molecule has 7 heteroatoms. The predicted molar refractivity (Wildman–Crippen MR) is 116 cm³/mol. The van der Waals surface area contributed by atoms with E-state index in [-0.39, 0.29) is 0 Å². The summed E-state index contributed by atoms with van der Waals surface area (Å²) in [6.07, 6.45) is 12.9. The first-order chi connectivity index (χ1) is 13.6. The molecule has 0 radical (unpaired) electrons. The lowest BCUT2D eigenvalue weighted by molar-refractivity contribution is 0.120. The largest absolute Gasteiger partial charge is 0.383 e. The molecular weight excluding hydrogens is 370 g/mol. The number of methoxy groups -OCH3 is 1. The van der Waals surface area contributed by atoms with Crippen LogP contribution in [0, 0.1) is 0 Å². The fourth-order valence-electron chi connectivity index (χ4n) is 4.39. The summed E-state index contributed by atoms with van der Waals surface area (Å²) < 4.78 is 8.86. The van der Waals surface area contributed by atoms with Crippen LogP contribution in [0.15, 0.2) is 30.9 Å². The molecule has 3 aromatic rings. The van der Waals surface area contributed by atoms with Crippen LogP contribution >= 0.6 is 12.8 Å². The first-order valence-corrected chi connectivity index (χ1v) is 10.3. The number of likely N-dealkylation sites (N-methyl/N-ethyl adjacent to an activating group) is 1. The quantitative estimate of drug-likeness (QED) is 0.642. The lowest BCUT2D eigenvalue weighted by Gasteiger charge is -2.34. The molecule has 0 amide bonds. The Hall–Kier alpha value is -1.83. The smallest absolute Gasteiger partial charge is 0.150 e. The minimum Gasteiger partial charge on any atom is -0.383 e. The SMILES string of the molecule is COCCN(C)C1CCC(c2cnc3c(c2)c(-c2cnn(C)c2)cn3S)CC1. The summed E-state index contributed by atoms with van der Waals surface area (Å²) >= 11 is 4.56. The predicted octanol–water partition coefficient (Wildman–Crippen LogP) is 3.73. The second kappa shape index (κ2) is 8.27. The van der Waals surface area contributed by atoms with Crippen molar-refractivity contribution in [2.75, 3.05) is 27.3 Å². The van der Waals surface area contributed by atoms with Gasteiger partial charge in [0.05, 0.1) is 12.8 Å². The Morgan fingerprint density at radius 1 is 1.21 bits per heavy atom. The van der Waals surface area contributed by atoms with Crippen molar-refractivity contribution in [2.24, 2.45) is 7.05 Å². The number of hydrogen-bond donors (Lipinski definition) is 1. The van der Waals surface area contributed by atoms with Crippen LogP contribution in [0.1, 0.15) is 37.2 Å². The summed E-state index contributed by atoms with van der Waals surface area (Å²) in [4.78, 5) is 7.18. The summed E-state index contributed by atoms with van der Waals surface area (Å²) in [6, 6.07) is 2.98. The zero-order valence-electron chi connectivity index (χ0n) is 16.9. The van der Waals surface area contributed by atoms with E-state index in [0.29, 0.717) is 12.0 Å². The third kappa shape index (κ3) is 3.83. The molecule has 0 spiro atoms. The van der Waals surface area contributed by atoms with Crippen LogP contribution in [-0.4, -0.2) is 57.0 Å². The van der Waals surface area contributed by atoms with Crippen LogP contribution in [0.2, 0.25) is 0 Å². The monoisotopic (exact) mass is 399 g/mol. The Morgan fingerprint density at radius 2 is 2.00 bits per heavy atom. The Kier molecular flexibility index (Phi) is 5.75. The molecule has 4 rings (SSSR count). The van der Waals surface area contributed by atoms with Gasteiger partial charge in [0.2, 0.25) is 0 Å². The molecule has 0 saturated heterocycles. The lowest BCUT2D eigenvalue weighted by Crippen LogP contribution is -2.36. The molecule has 0 unspecified atom stereocenters. The number of aryl methyl sites for hydroxylation is 1. The third-order valence-electron chi connectivity index (χ3n) is 6.10. The number of thiol groups is 1. The van der Waals surface area contributed by atoms with E-state index in [1.54, 1.807) is 7.11 Å². The summed E-state index contributed by atoms with van der Waals surface area (Å²) in [6.45, 7) is 1.80. The average Bonchev–Trinajstić information content (AvgIpc) is 3.29. The van der Waals surface area contributed by atoms with Gasteiger partial charge in [-0.05, 0) is 50.3 Å². The topological polar surface area (TPSA) is 48.1 Å². The summed E-state index contributed by atoms with van der Waals surface area (Å²) in [7, 11) is 5.92. The summed E-state index contributed by atoms with van der Waals surface area (Å²) in [5.74, 6) is 0.578. The van der Waals surface area contributed by atoms with E-state index in [2.05, 4.69) is 35.9 Å². The molecule has 0 bridgehead atoms. The summed E-state index contributed by atoms with van der Waals surface area (Å²) in [5, 5.41) is 5.47. The second-order valence-corrected chi connectivity index (χ2v) is 8.34. The molecule has 0 atom stereocenters. The van der Waals surface area contributed by atoms with Gasteiger partial charge in [-0.15, -0.1) is 0 Å². The molecule has 0 N–H and O–H groups in total. The van der Waals surface area contributed by atoms with Gasteiger partial charge in [-0.3, -0.25) is 8.65 Å². The van der Waals surface area contributed by atoms with Crippen molar-refractivity contribution < 1.29 is 4.74 Å². The lowest BCUT2D eigenvalue weighted by atomic mass is 9.81. The molecule has 3 heterocycles. The highest BCUT2D eigenvalue weighted by Gasteiger charge is 2.25. The van der Waals surface area contributed by atoms with Crippen molar-refractivity contribution in [3.63, 3.8) is 0 Å². The van der Waals surface area contributed by atoms with Gasteiger partial charge in [0, 0.05) is 61.8 Å². The van der Waals surface area contributed by atoms with Crippen LogP contribution in [0.4, 0.5) is 0 Å². The second-order valence-electron chi connectivity index (χ2n) is 7.91. The average molecular weight is 400 g/mol. The fourth-order valence-corrected chi connectivity index (χ4v) is 4.66. The number of fused-ring (bicyclic) bond motifs is 1. The molecule has 28 heavy (non-hydrogen) atoms. The Bertz CT molecular complexity index is 942. The van der Waals surface area contributed by atoms with E-state index in [1.807, 2.05) is 40.5 Å². The zero-order chi connectivity index (χ0) is 19.7. The standard InChI is InChI=1S/C21H29N5OS/c1-24(8-9-27-3)18-6-4-15(5-7-18)16-10-19-20(17-12-23-25(2)13-17)14-26(28)21(19)22-11-16/h10-15,18,28H,4-9H2,1-3H3. The zero-order valence-corrected chi connectivity index (χ0v) is 17.8. The van der Waals surface area contributed by atoms with Gasteiger partial charge < -0.3 is 9.64 Å². The van der Waals surface area contributed by atoms with Crippen molar-refractivity contribution in [3.8, 4) is 11.1 Å².